The quantitative estimate of drug-likeness (QED) is 0.909. The molecule has 1 aromatic rings. The normalized spacial score (nSPS) is 21.7. The highest BCUT2D eigenvalue weighted by Gasteiger charge is 2.37. The fraction of sp³-hybridized carbons (Fsp3) is 0.643. The lowest BCUT2D eigenvalue weighted by Crippen LogP contribution is -2.33. The summed E-state index contributed by atoms with van der Waals surface area (Å²) in [6.45, 7) is 2.57. The lowest BCUT2D eigenvalue weighted by atomic mass is 9.96. The molecule has 0 radical (unpaired) electrons. The number of aromatic nitrogens is 1. The van der Waals surface area contributed by atoms with Crippen molar-refractivity contribution in [3.05, 3.63) is 29.6 Å². The van der Waals surface area contributed by atoms with Crippen LogP contribution >= 0.6 is 11.8 Å². The summed E-state index contributed by atoms with van der Waals surface area (Å²) >= 11 is 1.77. The van der Waals surface area contributed by atoms with Crippen molar-refractivity contribution in [2.24, 2.45) is 0 Å². The summed E-state index contributed by atoms with van der Waals surface area (Å²) in [5.41, 5.74) is -0.286. The van der Waals surface area contributed by atoms with E-state index in [1.807, 2.05) is 6.92 Å². The molecule has 1 fully saturated rings. The first kappa shape index (κ1) is 15.6. The second-order valence-corrected chi connectivity index (χ2v) is 6.25. The van der Waals surface area contributed by atoms with Gasteiger partial charge in [0.25, 0.3) is 0 Å². The Morgan fingerprint density at radius 2 is 2.25 bits per heavy atom. The molecular weight excluding hydrogens is 285 g/mol. The van der Waals surface area contributed by atoms with Gasteiger partial charge in [0, 0.05) is 29.2 Å². The number of nitrogens with zero attached hydrogens (tertiary/aromatic N) is 1. The molecule has 2 atom stereocenters. The monoisotopic (exact) mass is 304 g/mol. The van der Waals surface area contributed by atoms with Crippen LogP contribution < -0.4 is 5.32 Å². The smallest absolute Gasteiger partial charge is 0.309 e. The number of nitrogens with one attached hydrogen (secondary N) is 1. The van der Waals surface area contributed by atoms with Crippen molar-refractivity contribution in [3.63, 3.8) is 0 Å². The third-order valence-electron chi connectivity index (χ3n) is 3.50. The van der Waals surface area contributed by atoms with E-state index < -0.39 is 11.7 Å². The summed E-state index contributed by atoms with van der Waals surface area (Å²) in [5, 5.41) is 3.41. The van der Waals surface area contributed by atoms with Crippen molar-refractivity contribution in [3.8, 4) is 0 Å². The molecule has 1 N–H and O–H groups in total. The third kappa shape index (κ3) is 3.67. The lowest BCUT2D eigenvalue weighted by molar-refractivity contribution is -0.138. The van der Waals surface area contributed by atoms with Crippen LogP contribution in [0.5, 0.6) is 0 Å². The van der Waals surface area contributed by atoms with Crippen molar-refractivity contribution >= 4 is 11.8 Å². The number of hydrogen-bond donors (Lipinski definition) is 1. The summed E-state index contributed by atoms with van der Waals surface area (Å²) in [6.07, 6.45) is 1.44. The maximum Gasteiger partial charge on any atom is 0.416 e. The number of rotatable bonds is 4. The third-order valence-corrected chi connectivity index (χ3v) is 4.96. The van der Waals surface area contributed by atoms with Gasteiger partial charge >= 0.3 is 6.18 Å². The van der Waals surface area contributed by atoms with Gasteiger partial charge in [0.1, 0.15) is 0 Å². The first-order valence-corrected chi connectivity index (χ1v) is 7.95. The van der Waals surface area contributed by atoms with Crippen LogP contribution in [0.15, 0.2) is 18.5 Å². The molecule has 0 spiro atoms. The van der Waals surface area contributed by atoms with Gasteiger partial charge in [-0.05, 0) is 31.2 Å². The molecule has 0 amide bonds. The molecule has 2 rings (SSSR count). The average Bonchev–Trinajstić information content (AvgIpc) is 2.45. The van der Waals surface area contributed by atoms with Gasteiger partial charge in [-0.25, -0.2) is 0 Å². The number of thioether (sulfide) groups is 1. The minimum atomic E-state index is -4.33. The van der Waals surface area contributed by atoms with Gasteiger partial charge in [0.05, 0.1) is 5.56 Å². The van der Waals surface area contributed by atoms with Crippen molar-refractivity contribution in [2.45, 2.75) is 43.7 Å². The summed E-state index contributed by atoms with van der Waals surface area (Å²) in [5.74, 6) is 1.02. The van der Waals surface area contributed by atoms with Crippen LogP contribution in [-0.4, -0.2) is 22.5 Å². The second-order valence-electron chi connectivity index (χ2n) is 4.90. The number of alkyl halides is 3. The summed E-state index contributed by atoms with van der Waals surface area (Å²) in [4.78, 5) is 3.91. The Labute approximate surface area is 121 Å². The van der Waals surface area contributed by atoms with E-state index in [4.69, 9.17) is 0 Å². The van der Waals surface area contributed by atoms with Crippen molar-refractivity contribution < 1.29 is 13.2 Å². The van der Waals surface area contributed by atoms with Crippen LogP contribution in [0.25, 0.3) is 0 Å². The highest BCUT2D eigenvalue weighted by Crippen LogP contribution is 2.40. The van der Waals surface area contributed by atoms with Gasteiger partial charge < -0.3 is 5.32 Å². The second kappa shape index (κ2) is 6.80. The van der Waals surface area contributed by atoms with E-state index in [1.165, 1.54) is 12.4 Å². The Balaban J connectivity index is 2.33. The van der Waals surface area contributed by atoms with Crippen LogP contribution in [0.2, 0.25) is 0 Å². The Morgan fingerprint density at radius 3 is 2.85 bits per heavy atom. The fourth-order valence-electron chi connectivity index (χ4n) is 2.60. The van der Waals surface area contributed by atoms with E-state index in [0.29, 0.717) is 6.54 Å². The molecule has 1 aromatic heterocycles. The molecule has 1 aliphatic heterocycles. The van der Waals surface area contributed by atoms with E-state index >= 15 is 0 Å². The molecule has 20 heavy (non-hydrogen) atoms. The van der Waals surface area contributed by atoms with E-state index in [0.717, 1.165) is 31.1 Å². The summed E-state index contributed by atoms with van der Waals surface area (Å²) in [6, 6.07) is 0.795. The zero-order valence-electron chi connectivity index (χ0n) is 11.4. The van der Waals surface area contributed by atoms with Gasteiger partial charge in [-0.3, -0.25) is 4.98 Å². The van der Waals surface area contributed by atoms with Gasteiger partial charge in [0.15, 0.2) is 0 Å². The van der Waals surface area contributed by atoms with Crippen LogP contribution in [0.1, 0.15) is 43.4 Å². The first-order chi connectivity index (χ1) is 9.54. The SMILES string of the molecule is CCNC(c1cnccc1C(F)(F)F)C1CCCCS1. The molecule has 2 heterocycles. The Bertz CT molecular complexity index is 431. The molecule has 2 nitrogen and oxygen atoms in total. The predicted molar refractivity (Wildman–Crippen MR) is 75.8 cm³/mol. The largest absolute Gasteiger partial charge is 0.416 e. The van der Waals surface area contributed by atoms with Gasteiger partial charge in [-0.1, -0.05) is 13.3 Å². The average molecular weight is 304 g/mol. The van der Waals surface area contributed by atoms with Gasteiger partial charge in [-0.15, -0.1) is 0 Å². The van der Waals surface area contributed by atoms with Crippen LogP contribution in [-0.2, 0) is 6.18 Å². The molecule has 0 aliphatic carbocycles. The van der Waals surface area contributed by atoms with Crippen molar-refractivity contribution in [1.29, 1.82) is 0 Å². The Hall–Kier alpha value is -0.750. The Kier molecular flexibility index (Phi) is 5.32. The maximum atomic E-state index is 13.2. The van der Waals surface area contributed by atoms with Crippen molar-refractivity contribution in [2.75, 3.05) is 12.3 Å². The lowest BCUT2D eigenvalue weighted by Gasteiger charge is -2.32. The molecule has 1 aliphatic rings. The highest BCUT2D eigenvalue weighted by molar-refractivity contribution is 8.00. The van der Waals surface area contributed by atoms with Gasteiger partial charge in [-0.2, -0.15) is 24.9 Å². The molecular formula is C14H19F3N2S. The summed E-state index contributed by atoms with van der Waals surface area (Å²) in [7, 11) is 0. The number of halogens is 3. The standard InChI is InChI=1S/C14H19F3N2S/c1-2-19-13(12-5-3-4-8-20-12)10-9-18-7-6-11(10)14(15,16)17/h6-7,9,12-13,19H,2-5,8H2,1H3. The van der Waals surface area contributed by atoms with E-state index in [9.17, 15) is 13.2 Å². The van der Waals surface area contributed by atoms with Crippen molar-refractivity contribution in [1.82, 2.24) is 10.3 Å². The zero-order valence-corrected chi connectivity index (χ0v) is 12.2. The maximum absolute atomic E-state index is 13.2. The molecule has 6 heteroatoms. The number of pyridine rings is 1. The van der Waals surface area contributed by atoms with Gasteiger partial charge in [0.2, 0.25) is 0 Å². The van der Waals surface area contributed by atoms with Crippen LogP contribution in [0.3, 0.4) is 0 Å². The summed E-state index contributed by atoms with van der Waals surface area (Å²) < 4.78 is 39.5. The predicted octanol–water partition coefficient (Wildman–Crippen LogP) is 4.04. The molecule has 112 valence electrons. The fourth-order valence-corrected chi connectivity index (χ4v) is 4.04. The van der Waals surface area contributed by atoms with E-state index in [1.54, 1.807) is 11.8 Å². The number of hydrogen-bond acceptors (Lipinski definition) is 3. The molecule has 0 saturated carbocycles. The minimum absolute atomic E-state index is 0.189. The molecule has 1 saturated heterocycles. The van der Waals surface area contributed by atoms with E-state index in [-0.39, 0.29) is 16.9 Å². The zero-order chi connectivity index (χ0) is 14.6. The highest BCUT2D eigenvalue weighted by atomic mass is 32.2. The van der Waals surface area contributed by atoms with Crippen LogP contribution in [0.4, 0.5) is 13.2 Å². The van der Waals surface area contributed by atoms with Crippen LogP contribution in [0, 0.1) is 0 Å². The molecule has 2 unspecified atom stereocenters. The topological polar surface area (TPSA) is 24.9 Å². The van der Waals surface area contributed by atoms with E-state index in [2.05, 4.69) is 10.3 Å². The Morgan fingerprint density at radius 1 is 1.45 bits per heavy atom. The first-order valence-electron chi connectivity index (χ1n) is 6.90. The minimum Gasteiger partial charge on any atom is -0.309 e. The molecule has 0 aromatic carbocycles. The molecule has 0 bridgehead atoms.